The van der Waals surface area contributed by atoms with Gasteiger partial charge in [-0.1, -0.05) is 12.0 Å². The number of terminal acetylenes is 1. The van der Waals surface area contributed by atoms with Crippen LogP contribution in [-0.4, -0.2) is 6.61 Å². The molecule has 0 aliphatic heterocycles. The summed E-state index contributed by atoms with van der Waals surface area (Å²) >= 11 is 0. The summed E-state index contributed by atoms with van der Waals surface area (Å²) in [5, 5.41) is 0. The Hall–Kier alpha value is -1.53. The predicted molar refractivity (Wildman–Crippen MR) is 53.3 cm³/mol. The molecule has 2 nitrogen and oxygen atoms in total. The fourth-order valence-corrected chi connectivity index (χ4v) is 1.04. The average molecular weight is 193 g/mol. The first-order chi connectivity index (χ1) is 6.65. The molecular formula is C11H12FNO. The topological polar surface area (TPSA) is 35.2 Å². The molecule has 14 heavy (non-hydrogen) atoms. The van der Waals surface area contributed by atoms with Crippen LogP contribution in [0.3, 0.4) is 0 Å². The Balaban J connectivity index is 2.85. The van der Waals surface area contributed by atoms with Gasteiger partial charge in [0.1, 0.15) is 6.61 Å². The van der Waals surface area contributed by atoms with E-state index >= 15 is 0 Å². The maximum Gasteiger partial charge on any atom is 0.165 e. The second kappa shape index (κ2) is 4.64. The van der Waals surface area contributed by atoms with Crippen LogP contribution in [0.4, 0.5) is 4.39 Å². The minimum absolute atomic E-state index is 0.0639. The van der Waals surface area contributed by atoms with E-state index in [0.717, 1.165) is 5.56 Å². The molecule has 0 amide bonds. The molecule has 1 rings (SSSR count). The monoisotopic (exact) mass is 193 g/mol. The smallest absolute Gasteiger partial charge is 0.165 e. The summed E-state index contributed by atoms with van der Waals surface area (Å²) in [5.41, 5.74) is 6.32. The van der Waals surface area contributed by atoms with Gasteiger partial charge < -0.3 is 10.5 Å². The molecule has 1 aromatic carbocycles. The normalized spacial score (nSPS) is 11.9. The van der Waals surface area contributed by atoms with Crippen molar-refractivity contribution < 1.29 is 9.13 Å². The van der Waals surface area contributed by atoms with E-state index in [1.165, 1.54) is 12.1 Å². The summed E-state index contributed by atoms with van der Waals surface area (Å²) < 4.78 is 18.3. The number of halogens is 1. The Kier molecular flexibility index (Phi) is 3.49. The van der Waals surface area contributed by atoms with Crippen molar-refractivity contribution in [2.24, 2.45) is 5.73 Å². The Labute approximate surface area is 82.9 Å². The number of hydrogen-bond acceptors (Lipinski definition) is 2. The summed E-state index contributed by atoms with van der Waals surface area (Å²) in [5.74, 6) is 1.99. The SMILES string of the molecule is C#CCOc1ccc([C@@H](C)N)cc1F. The molecule has 2 N–H and O–H groups in total. The Morgan fingerprint density at radius 3 is 2.86 bits per heavy atom. The summed E-state index contributed by atoms with van der Waals surface area (Å²) in [6.07, 6.45) is 4.99. The van der Waals surface area contributed by atoms with Gasteiger partial charge >= 0.3 is 0 Å². The number of nitrogens with two attached hydrogens (primary N) is 1. The fraction of sp³-hybridized carbons (Fsp3) is 0.273. The Morgan fingerprint density at radius 2 is 2.36 bits per heavy atom. The van der Waals surface area contributed by atoms with Crippen molar-refractivity contribution in [2.45, 2.75) is 13.0 Å². The third-order valence-electron chi connectivity index (χ3n) is 1.79. The Morgan fingerprint density at radius 1 is 1.64 bits per heavy atom. The van der Waals surface area contributed by atoms with Gasteiger partial charge in [0.15, 0.2) is 11.6 Å². The van der Waals surface area contributed by atoms with Gasteiger partial charge in [0.2, 0.25) is 0 Å². The molecule has 1 aromatic rings. The van der Waals surface area contributed by atoms with Gasteiger partial charge in [-0.15, -0.1) is 6.42 Å². The molecule has 0 aliphatic rings. The lowest BCUT2D eigenvalue weighted by atomic mass is 10.1. The maximum absolute atomic E-state index is 13.3. The number of benzene rings is 1. The van der Waals surface area contributed by atoms with Crippen LogP contribution in [0.5, 0.6) is 5.75 Å². The van der Waals surface area contributed by atoms with Crippen molar-refractivity contribution in [1.29, 1.82) is 0 Å². The molecule has 3 heteroatoms. The van der Waals surface area contributed by atoms with Crippen LogP contribution >= 0.6 is 0 Å². The highest BCUT2D eigenvalue weighted by molar-refractivity contribution is 5.30. The van der Waals surface area contributed by atoms with E-state index in [1.54, 1.807) is 13.0 Å². The zero-order valence-electron chi connectivity index (χ0n) is 7.96. The van der Waals surface area contributed by atoms with Crippen molar-refractivity contribution in [3.05, 3.63) is 29.6 Å². The van der Waals surface area contributed by atoms with E-state index in [9.17, 15) is 4.39 Å². The van der Waals surface area contributed by atoms with Gasteiger partial charge in [-0.05, 0) is 24.6 Å². The molecule has 0 spiro atoms. The summed E-state index contributed by atoms with van der Waals surface area (Å²) in [7, 11) is 0. The average Bonchev–Trinajstić information content (AvgIpc) is 2.15. The highest BCUT2D eigenvalue weighted by Gasteiger charge is 2.06. The quantitative estimate of drug-likeness (QED) is 0.743. The number of rotatable bonds is 3. The van der Waals surface area contributed by atoms with E-state index in [0.29, 0.717) is 0 Å². The molecular weight excluding hydrogens is 181 g/mol. The first kappa shape index (κ1) is 10.6. The van der Waals surface area contributed by atoms with Gasteiger partial charge in [-0.3, -0.25) is 0 Å². The van der Waals surface area contributed by atoms with Crippen LogP contribution in [-0.2, 0) is 0 Å². The Bertz CT molecular complexity index is 355. The highest BCUT2D eigenvalue weighted by atomic mass is 19.1. The molecule has 1 atom stereocenters. The van der Waals surface area contributed by atoms with Crippen molar-refractivity contribution in [1.82, 2.24) is 0 Å². The van der Waals surface area contributed by atoms with E-state index in [4.69, 9.17) is 16.9 Å². The molecule has 74 valence electrons. The van der Waals surface area contributed by atoms with Gasteiger partial charge in [-0.25, -0.2) is 4.39 Å². The third-order valence-corrected chi connectivity index (χ3v) is 1.79. The minimum Gasteiger partial charge on any atom is -0.478 e. The van der Waals surface area contributed by atoms with Crippen LogP contribution < -0.4 is 10.5 Å². The van der Waals surface area contributed by atoms with Crippen molar-refractivity contribution in [3.63, 3.8) is 0 Å². The van der Waals surface area contributed by atoms with E-state index < -0.39 is 5.82 Å². The first-order valence-electron chi connectivity index (χ1n) is 4.26. The molecule has 0 saturated carbocycles. The molecule has 0 bridgehead atoms. The van der Waals surface area contributed by atoms with Crippen LogP contribution in [0.15, 0.2) is 18.2 Å². The lowest BCUT2D eigenvalue weighted by molar-refractivity contribution is 0.348. The van der Waals surface area contributed by atoms with Crippen molar-refractivity contribution >= 4 is 0 Å². The highest BCUT2D eigenvalue weighted by Crippen LogP contribution is 2.20. The van der Waals surface area contributed by atoms with Gasteiger partial charge in [0.05, 0.1) is 0 Å². The van der Waals surface area contributed by atoms with Crippen molar-refractivity contribution in [3.8, 4) is 18.1 Å². The van der Waals surface area contributed by atoms with Gasteiger partial charge in [0.25, 0.3) is 0 Å². The standard InChI is InChI=1S/C11H12FNO/c1-3-6-14-11-5-4-9(8(2)13)7-10(11)12/h1,4-5,7-8H,6,13H2,2H3/t8-/m1/s1. The molecule has 0 heterocycles. The zero-order chi connectivity index (χ0) is 10.6. The second-order valence-corrected chi connectivity index (χ2v) is 2.97. The molecule has 0 fully saturated rings. The number of ether oxygens (including phenoxy) is 1. The first-order valence-corrected chi connectivity index (χ1v) is 4.26. The predicted octanol–water partition coefficient (Wildman–Crippen LogP) is 1.86. The van der Waals surface area contributed by atoms with Gasteiger partial charge in [0, 0.05) is 6.04 Å². The van der Waals surface area contributed by atoms with Crippen LogP contribution in [0.25, 0.3) is 0 Å². The number of hydrogen-bond donors (Lipinski definition) is 1. The maximum atomic E-state index is 13.3. The lowest BCUT2D eigenvalue weighted by Gasteiger charge is -2.08. The van der Waals surface area contributed by atoms with Crippen LogP contribution in [0.2, 0.25) is 0 Å². The molecule has 0 saturated heterocycles. The van der Waals surface area contributed by atoms with E-state index in [1.807, 2.05) is 0 Å². The van der Waals surface area contributed by atoms with E-state index in [2.05, 4.69) is 5.92 Å². The van der Waals surface area contributed by atoms with E-state index in [-0.39, 0.29) is 18.4 Å². The summed E-state index contributed by atoms with van der Waals surface area (Å²) in [4.78, 5) is 0. The summed E-state index contributed by atoms with van der Waals surface area (Å²) in [6, 6.07) is 4.42. The third kappa shape index (κ3) is 2.48. The lowest BCUT2D eigenvalue weighted by Crippen LogP contribution is -2.06. The molecule has 0 radical (unpaired) electrons. The molecule has 0 aliphatic carbocycles. The molecule has 0 aromatic heterocycles. The largest absolute Gasteiger partial charge is 0.478 e. The fourth-order valence-electron chi connectivity index (χ4n) is 1.04. The van der Waals surface area contributed by atoms with Crippen LogP contribution in [0, 0.1) is 18.2 Å². The summed E-state index contributed by atoms with van der Waals surface area (Å²) in [6.45, 7) is 1.85. The minimum atomic E-state index is -0.435. The van der Waals surface area contributed by atoms with Gasteiger partial charge in [-0.2, -0.15) is 0 Å². The molecule has 0 unspecified atom stereocenters. The van der Waals surface area contributed by atoms with Crippen molar-refractivity contribution in [2.75, 3.05) is 6.61 Å². The van der Waals surface area contributed by atoms with Crippen LogP contribution in [0.1, 0.15) is 18.5 Å². The zero-order valence-corrected chi connectivity index (χ0v) is 7.96. The second-order valence-electron chi connectivity index (χ2n) is 2.97.